The van der Waals surface area contributed by atoms with Crippen molar-refractivity contribution in [3.8, 4) is 11.1 Å². The number of benzene rings is 2. The summed E-state index contributed by atoms with van der Waals surface area (Å²) in [6, 6.07) is 12.0. The van der Waals surface area contributed by atoms with Crippen LogP contribution in [-0.4, -0.2) is 17.1 Å². The van der Waals surface area contributed by atoms with E-state index >= 15 is 0 Å². The highest BCUT2D eigenvalue weighted by Crippen LogP contribution is 2.29. The molecule has 114 valence electrons. The van der Waals surface area contributed by atoms with Crippen LogP contribution < -0.4 is 16.4 Å². The van der Waals surface area contributed by atoms with E-state index in [1.807, 2.05) is 30.3 Å². The molecule has 3 rings (SSSR count). The molecule has 2 unspecified atom stereocenters. The van der Waals surface area contributed by atoms with Gasteiger partial charge in [0, 0.05) is 0 Å². The van der Waals surface area contributed by atoms with Crippen LogP contribution in [0.25, 0.3) is 11.1 Å². The van der Waals surface area contributed by atoms with E-state index in [1.54, 1.807) is 12.1 Å². The van der Waals surface area contributed by atoms with Gasteiger partial charge in [0.15, 0.2) is 0 Å². The van der Waals surface area contributed by atoms with Crippen molar-refractivity contribution >= 4 is 29.2 Å². The van der Waals surface area contributed by atoms with Gasteiger partial charge in [-0.2, -0.15) is 5.53 Å². The van der Waals surface area contributed by atoms with Gasteiger partial charge in [0.1, 0.15) is 6.04 Å². The Kier molecular flexibility index (Phi) is 4.33. The second-order valence-electron chi connectivity index (χ2n) is 4.96. The van der Waals surface area contributed by atoms with Crippen LogP contribution in [-0.2, 0) is 4.79 Å². The summed E-state index contributed by atoms with van der Waals surface area (Å²) in [6.07, 6.45) is 0. The van der Waals surface area contributed by atoms with Crippen molar-refractivity contribution in [3.05, 3.63) is 58.1 Å². The van der Waals surface area contributed by atoms with Crippen LogP contribution in [0.15, 0.2) is 42.5 Å². The Morgan fingerprint density at radius 3 is 2.27 bits per heavy atom. The number of halogens is 2. The van der Waals surface area contributed by atoms with E-state index in [0.29, 0.717) is 10.0 Å². The van der Waals surface area contributed by atoms with Crippen molar-refractivity contribution in [1.29, 1.82) is 0 Å². The molecule has 5 nitrogen and oxygen atoms in total. The molecule has 1 aliphatic heterocycles. The summed E-state index contributed by atoms with van der Waals surface area (Å²) in [6.45, 7) is 0. The number of carboxylic acid groups (broad SMARTS) is 1. The fourth-order valence-electron chi connectivity index (χ4n) is 2.40. The highest BCUT2D eigenvalue weighted by Gasteiger charge is 2.33. The summed E-state index contributed by atoms with van der Waals surface area (Å²) in [5.74, 6) is -0.920. The lowest BCUT2D eigenvalue weighted by atomic mass is 9.97. The van der Waals surface area contributed by atoms with E-state index in [0.717, 1.165) is 16.7 Å². The quantitative estimate of drug-likeness (QED) is 0.693. The Morgan fingerprint density at radius 2 is 1.64 bits per heavy atom. The normalized spacial score (nSPS) is 21.0. The molecule has 2 aromatic carbocycles. The molecule has 0 aliphatic carbocycles. The van der Waals surface area contributed by atoms with Crippen LogP contribution in [0.2, 0.25) is 10.0 Å². The predicted octanol–water partition coefficient (Wildman–Crippen LogP) is 2.77. The monoisotopic (exact) mass is 337 g/mol. The molecule has 2 atom stereocenters. The second kappa shape index (κ2) is 6.24. The minimum absolute atomic E-state index is 0.347. The van der Waals surface area contributed by atoms with E-state index in [-0.39, 0.29) is 6.04 Å². The average molecular weight is 338 g/mol. The molecule has 1 aliphatic rings. The summed E-state index contributed by atoms with van der Waals surface area (Å²) in [4.78, 5) is 11.2. The van der Waals surface area contributed by atoms with E-state index in [9.17, 15) is 4.79 Å². The zero-order chi connectivity index (χ0) is 15.7. The average Bonchev–Trinajstić information content (AvgIpc) is 3.00. The van der Waals surface area contributed by atoms with Crippen LogP contribution in [0.5, 0.6) is 0 Å². The fourth-order valence-corrected chi connectivity index (χ4v) is 2.70. The van der Waals surface area contributed by atoms with Crippen molar-refractivity contribution in [1.82, 2.24) is 16.4 Å². The standard InChI is InChI=1S/C15H13Cl2N3O2/c16-11-6-5-10(7-12(11)17)8-1-3-9(4-2-8)13-14(15(21)22)19-20-18-13/h1-7,13-14,18-20H,(H,21,22). The number of carboxylic acids is 1. The van der Waals surface area contributed by atoms with Gasteiger partial charge in [-0.1, -0.05) is 53.5 Å². The van der Waals surface area contributed by atoms with Gasteiger partial charge in [-0.3, -0.25) is 4.79 Å². The molecule has 2 aromatic rings. The van der Waals surface area contributed by atoms with Gasteiger partial charge in [-0.15, -0.1) is 0 Å². The third kappa shape index (κ3) is 2.95. The molecule has 7 heteroatoms. The number of carbonyl (C=O) groups is 1. The van der Waals surface area contributed by atoms with Crippen molar-refractivity contribution in [2.75, 3.05) is 0 Å². The summed E-state index contributed by atoms with van der Waals surface area (Å²) >= 11 is 11.9. The van der Waals surface area contributed by atoms with Crippen LogP contribution in [0.1, 0.15) is 11.6 Å². The maximum Gasteiger partial charge on any atom is 0.324 e. The fraction of sp³-hybridized carbons (Fsp3) is 0.133. The Hall–Kier alpha value is -1.63. The van der Waals surface area contributed by atoms with E-state index in [2.05, 4.69) is 16.4 Å². The Labute approximate surface area is 137 Å². The maximum atomic E-state index is 11.2. The molecule has 1 heterocycles. The molecule has 0 spiro atoms. The van der Waals surface area contributed by atoms with Crippen molar-refractivity contribution in [3.63, 3.8) is 0 Å². The third-order valence-corrected chi connectivity index (χ3v) is 4.32. The van der Waals surface area contributed by atoms with Crippen molar-refractivity contribution in [2.24, 2.45) is 0 Å². The van der Waals surface area contributed by atoms with Crippen LogP contribution >= 0.6 is 23.2 Å². The SMILES string of the molecule is O=C(O)C1NNNC1c1ccc(-c2ccc(Cl)c(Cl)c2)cc1. The van der Waals surface area contributed by atoms with Gasteiger partial charge in [0.05, 0.1) is 16.1 Å². The van der Waals surface area contributed by atoms with Gasteiger partial charge in [0.2, 0.25) is 0 Å². The van der Waals surface area contributed by atoms with Gasteiger partial charge in [-0.05, 0) is 28.8 Å². The number of rotatable bonds is 3. The molecule has 4 N–H and O–H groups in total. The highest BCUT2D eigenvalue weighted by molar-refractivity contribution is 6.42. The summed E-state index contributed by atoms with van der Waals surface area (Å²) in [5, 5.41) is 10.2. The zero-order valence-electron chi connectivity index (χ0n) is 11.3. The maximum absolute atomic E-state index is 11.2. The van der Waals surface area contributed by atoms with Gasteiger partial charge in [-0.25, -0.2) is 10.9 Å². The van der Waals surface area contributed by atoms with Gasteiger partial charge >= 0.3 is 5.97 Å². The molecule has 1 fully saturated rings. The number of hydrogen-bond donors (Lipinski definition) is 4. The molecular formula is C15H13Cl2N3O2. The zero-order valence-corrected chi connectivity index (χ0v) is 12.8. The van der Waals surface area contributed by atoms with E-state index < -0.39 is 12.0 Å². The van der Waals surface area contributed by atoms with Gasteiger partial charge in [0.25, 0.3) is 0 Å². The Bertz CT molecular complexity index is 706. The third-order valence-electron chi connectivity index (χ3n) is 3.58. The molecular weight excluding hydrogens is 325 g/mol. The van der Waals surface area contributed by atoms with Crippen LogP contribution in [0, 0.1) is 0 Å². The number of aliphatic carboxylic acids is 1. The molecule has 0 bridgehead atoms. The van der Waals surface area contributed by atoms with Crippen molar-refractivity contribution in [2.45, 2.75) is 12.1 Å². The first kappa shape index (κ1) is 15.3. The van der Waals surface area contributed by atoms with Crippen LogP contribution in [0.3, 0.4) is 0 Å². The number of hydrazine groups is 2. The molecule has 0 saturated carbocycles. The number of nitrogens with one attached hydrogen (secondary N) is 3. The molecule has 1 saturated heterocycles. The first-order chi connectivity index (χ1) is 10.6. The lowest BCUT2D eigenvalue weighted by Gasteiger charge is -2.15. The first-order valence-corrected chi connectivity index (χ1v) is 7.36. The minimum atomic E-state index is -0.920. The summed E-state index contributed by atoms with van der Waals surface area (Å²) in [5.41, 5.74) is 11.0. The Balaban J connectivity index is 1.86. The summed E-state index contributed by atoms with van der Waals surface area (Å²) in [7, 11) is 0. The lowest BCUT2D eigenvalue weighted by Crippen LogP contribution is -2.38. The topological polar surface area (TPSA) is 73.4 Å². The molecule has 0 radical (unpaired) electrons. The largest absolute Gasteiger partial charge is 0.480 e. The molecule has 0 amide bonds. The first-order valence-electron chi connectivity index (χ1n) is 6.60. The molecule has 22 heavy (non-hydrogen) atoms. The number of hydrogen-bond acceptors (Lipinski definition) is 4. The highest BCUT2D eigenvalue weighted by atomic mass is 35.5. The lowest BCUT2D eigenvalue weighted by molar-refractivity contribution is -0.139. The predicted molar refractivity (Wildman–Crippen MR) is 85.5 cm³/mol. The van der Waals surface area contributed by atoms with E-state index in [1.165, 1.54) is 0 Å². The smallest absolute Gasteiger partial charge is 0.324 e. The second-order valence-corrected chi connectivity index (χ2v) is 5.77. The van der Waals surface area contributed by atoms with Crippen molar-refractivity contribution < 1.29 is 9.90 Å². The minimum Gasteiger partial charge on any atom is -0.480 e. The Morgan fingerprint density at radius 1 is 0.955 bits per heavy atom. The van der Waals surface area contributed by atoms with Gasteiger partial charge < -0.3 is 5.11 Å². The van der Waals surface area contributed by atoms with E-state index in [4.69, 9.17) is 28.3 Å². The summed E-state index contributed by atoms with van der Waals surface area (Å²) < 4.78 is 0. The molecule has 0 aromatic heterocycles. The van der Waals surface area contributed by atoms with Crippen LogP contribution in [0.4, 0.5) is 0 Å².